The van der Waals surface area contributed by atoms with Gasteiger partial charge in [-0.1, -0.05) is 45.4 Å². The molecule has 1 aromatic heterocycles. The van der Waals surface area contributed by atoms with Crippen LogP contribution in [0.1, 0.15) is 30.1 Å². The Bertz CT molecular complexity index is 629. The van der Waals surface area contributed by atoms with E-state index >= 15 is 0 Å². The zero-order chi connectivity index (χ0) is 13.4. The van der Waals surface area contributed by atoms with Gasteiger partial charge < -0.3 is 0 Å². The number of hydrogen-bond donors (Lipinski definition) is 0. The number of halogens is 2. The summed E-state index contributed by atoms with van der Waals surface area (Å²) in [5.41, 5.74) is 0.955. The fourth-order valence-electron chi connectivity index (χ4n) is 1.75. The van der Waals surface area contributed by atoms with E-state index in [1.54, 1.807) is 11.8 Å². The third kappa shape index (κ3) is 3.12. The predicted molar refractivity (Wildman–Crippen MR) is 82.0 cm³/mol. The summed E-state index contributed by atoms with van der Waals surface area (Å²) < 4.78 is 1.07. The first kappa shape index (κ1) is 13.4. The number of aromatic nitrogens is 2. The van der Waals surface area contributed by atoms with E-state index < -0.39 is 0 Å². The lowest BCUT2D eigenvalue weighted by molar-refractivity contribution is 0.862. The van der Waals surface area contributed by atoms with Crippen LogP contribution in [0.4, 0.5) is 0 Å². The molecule has 1 aliphatic rings. The predicted octanol–water partition coefficient (Wildman–Crippen LogP) is 5.23. The van der Waals surface area contributed by atoms with Gasteiger partial charge in [-0.3, -0.25) is 0 Å². The van der Waals surface area contributed by atoms with E-state index in [1.807, 2.05) is 19.1 Å². The van der Waals surface area contributed by atoms with Gasteiger partial charge in [-0.2, -0.15) is 0 Å². The normalized spacial score (nSPS) is 14.7. The molecule has 0 spiro atoms. The van der Waals surface area contributed by atoms with Gasteiger partial charge in [-0.05, 0) is 38.0 Å². The second kappa shape index (κ2) is 5.43. The van der Waals surface area contributed by atoms with Crippen molar-refractivity contribution in [3.05, 3.63) is 45.3 Å². The van der Waals surface area contributed by atoms with Crippen LogP contribution in [0.2, 0.25) is 5.15 Å². The van der Waals surface area contributed by atoms with Crippen molar-refractivity contribution in [1.82, 2.24) is 9.97 Å². The molecule has 2 nitrogen and oxygen atoms in total. The van der Waals surface area contributed by atoms with Crippen molar-refractivity contribution in [3.8, 4) is 0 Å². The second-order valence-corrected chi connectivity index (χ2v) is 6.97. The maximum absolute atomic E-state index is 6.21. The quantitative estimate of drug-likeness (QED) is 0.705. The third-order valence-electron chi connectivity index (χ3n) is 3.01. The highest BCUT2D eigenvalue weighted by atomic mass is 79.9. The molecule has 2 aromatic rings. The van der Waals surface area contributed by atoms with Crippen LogP contribution in [-0.2, 0) is 0 Å². The molecule has 0 radical (unpaired) electrons. The van der Waals surface area contributed by atoms with E-state index in [-0.39, 0.29) is 0 Å². The van der Waals surface area contributed by atoms with Crippen LogP contribution in [0.3, 0.4) is 0 Å². The van der Waals surface area contributed by atoms with E-state index in [1.165, 1.54) is 12.8 Å². The lowest BCUT2D eigenvalue weighted by atomic mass is 10.3. The first-order valence-electron chi connectivity index (χ1n) is 6.11. The lowest BCUT2D eigenvalue weighted by Crippen LogP contribution is -1.98. The molecular formula is C14H12BrClN2S. The van der Waals surface area contributed by atoms with E-state index in [0.29, 0.717) is 11.1 Å². The van der Waals surface area contributed by atoms with Crippen LogP contribution in [-0.4, -0.2) is 9.97 Å². The Morgan fingerprint density at radius 3 is 2.79 bits per heavy atom. The lowest BCUT2D eigenvalue weighted by Gasteiger charge is -2.08. The molecule has 0 bridgehead atoms. The third-order valence-corrected chi connectivity index (χ3v) is 4.95. The van der Waals surface area contributed by atoms with Crippen LogP contribution in [0.15, 0.2) is 38.7 Å². The van der Waals surface area contributed by atoms with Gasteiger partial charge >= 0.3 is 0 Å². The summed E-state index contributed by atoms with van der Waals surface area (Å²) >= 11 is 11.3. The van der Waals surface area contributed by atoms with E-state index in [4.69, 9.17) is 11.6 Å². The van der Waals surface area contributed by atoms with E-state index in [2.05, 4.69) is 38.0 Å². The molecule has 1 fully saturated rings. The number of hydrogen-bond acceptors (Lipinski definition) is 3. The van der Waals surface area contributed by atoms with Gasteiger partial charge in [-0.15, -0.1) is 0 Å². The standard InChI is InChI=1S/C14H12BrClN2S/c1-8-12(16)17-13(9-5-6-9)18-14(8)19-11-4-2-3-10(15)7-11/h2-4,7,9H,5-6H2,1H3. The Hall–Kier alpha value is -0.580. The summed E-state index contributed by atoms with van der Waals surface area (Å²) in [7, 11) is 0. The molecule has 0 unspecified atom stereocenters. The Morgan fingerprint density at radius 2 is 2.11 bits per heavy atom. The number of benzene rings is 1. The van der Waals surface area contributed by atoms with Crippen molar-refractivity contribution in [2.24, 2.45) is 0 Å². The maximum atomic E-state index is 6.21. The monoisotopic (exact) mass is 354 g/mol. The smallest absolute Gasteiger partial charge is 0.136 e. The van der Waals surface area contributed by atoms with Crippen LogP contribution < -0.4 is 0 Å². The highest BCUT2D eigenvalue weighted by Gasteiger charge is 2.28. The second-order valence-electron chi connectivity index (χ2n) is 4.64. The summed E-state index contributed by atoms with van der Waals surface area (Å²) in [6.07, 6.45) is 2.36. The van der Waals surface area contributed by atoms with Crippen LogP contribution in [0.25, 0.3) is 0 Å². The molecule has 19 heavy (non-hydrogen) atoms. The molecule has 0 aliphatic heterocycles. The fraction of sp³-hybridized carbons (Fsp3) is 0.286. The van der Waals surface area contributed by atoms with Gasteiger partial charge in [0.25, 0.3) is 0 Å². The molecule has 1 aliphatic carbocycles. The maximum Gasteiger partial charge on any atom is 0.136 e. The van der Waals surface area contributed by atoms with Crippen molar-refractivity contribution in [2.75, 3.05) is 0 Å². The first-order chi connectivity index (χ1) is 9.13. The van der Waals surface area contributed by atoms with Crippen LogP contribution in [0.5, 0.6) is 0 Å². The summed E-state index contributed by atoms with van der Waals surface area (Å²) in [5, 5.41) is 1.54. The first-order valence-corrected chi connectivity index (χ1v) is 8.09. The van der Waals surface area contributed by atoms with Crippen molar-refractivity contribution in [2.45, 2.75) is 35.6 Å². The summed E-state index contributed by atoms with van der Waals surface area (Å²) in [5.74, 6) is 1.41. The van der Waals surface area contributed by atoms with Gasteiger partial charge in [0.1, 0.15) is 16.0 Å². The molecular weight excluding hydrogens is 344 g/mol. The topological polar surface area (TPSA) is 25.8 Å². The van der Waals surface area contributed by atoms with Crippen LogP contribution >= 0.6 is 39.3 Å². The molecule has 3 rings (SSSR count). The Balaban J connectivity index is 1.95. The highest BCUT2D eigenvalue weighted by molar-refractivity contribution is 9.10. The molecule has 1 saturated carbocycles. The molecule has 1 heterocycles. The van der Waals surface area contributed by atoms with Gasteiger partial charge in [0.2, 0.25) is 0 Å². The fourth-order valence-corrected chi connectivity index (χ4v) is 3.48. The van der Waals surface area contributed by atoms with Crippen molar-refractivity contribution in [1.29, 1.82) is 0 Å². The van der Waals surface area contributed by atoms with Crippen molar-refractivity contribution in [3.63, 3.8) is 0 Å². The molecule has 0 saturated heterocycles. The number of rotatable bonds is 3. The van der Waals surface area contributed by atoms with Gasteiger partial charge in [-0.25, -0.2) is 9.97 Å². The summed E-state index contributed by atoms with van der Waals surface area (Å²) in [6.45, 7) is 1.97. The average molecular weight is 356 g/mol. The van der Waals surface area contributed by atoms with Crippen LogP contribution in [0, 0.1) is 6.92 Å². The molecule has 0 N–H and O–H groups in total. The van der Waals surface area contributed by atoms with Gasteiger partial charge in [0.05, 0.1) is 0 Å². The Labute approximate surface area is 130 Å². The largest absolute Gasteiger partial charge is 0.226 e. The minimum Gasteiger partial charge on any atom is -0.226 e. The Kier molecular flexibility index (Phi) is 3.83. The highest BCUT2D eigenvalue weighted by Crippen LogP contribution is 2.40. The molecule has 0 atom stereocenters. The summed E-state index contributed by atoms with van der Waals surface area (Å²) in [4.78, 5) is 10.2. The molecule has 1 aromatic carbocycles. The van der Waals surface area contributed by atoms with Crippen molar-refractivity contribution < 1.29 is 0 Å². The van der Waals surface area contributed by atoms with E-state index in [9.17, 15) is 0 Å². The van der Waals surface area contributed by atoms with Crippen molar-refractivity contribution >= 4 is 39.3 Å². The zero-order valence-electron chi connectivity index (χ0n) is 10.4. The summed E-state index contributed by atoms with van der Waals surface area (Å²) in [6, 6.07) is 8.18. The SMILES string of the molecule is Cc1c(Cl)nc(C2CC2)nc1Sc1cccc(Br)c1. The zero-order valence-corrected chi connectivity index (χ0v) is 13.5. The minimum atomic E-state index is 0.514. The molecule has 5 heteroatoms. The number of nitrogens with zero attached hydrogens (tertiary/aromatic N) is 2. The Morgan fingerprint density at radius 1 is 1.32 bits per heavy atom. The molecule has 0 amide bonds. The minimum absolute atomic E-state index is 0.514. The average Bonchev–Trinajstić information content (AvgIpc) is 3.19. The van der Waals surface area contributed by atoms with Gasteiger partial charge in [0, 0.05) is 20.8 Å². The van der Waals surface area contributed by atoms with E-state index in [0.717, 1.165) is 25.8 Å². The molecule has 98 valence electrons. The van der Waals surface area contributed by atoms with Gasteiger partial charge in [0.15, 0.2) is 0 Å².